The Hall–Kier alpha value is -3.59. The minimum Gasteiger partial charge on any atom is -0.457 e. The monoisotopic (exact) mass is 426 g/mol. The number of ether oxygens (including phenoxy) is 1. The van der Waals surface area contributed by atoms with Gasteiger partial charge in [0.2, 0.25) is 0 Å². The number of fused-ring (bicyclic) bond motifs is 1. The number of benzene rings is 2. The lowest BCUT2D eigenvalue weighted by Gasteiger charge is -2.06. The zero-order chi connectivity index (χ0) is 21.1. The summed E-state index contributed by atoms with van der Waals surface area (Å²) in [7, 11) is 1.53. The quantitative estimate of drug-likeness (QED) is 0.466. The molecule has 0 fully saturated rings. The first-order valence-electron chi connectivity index (χ1n) is 8.97. The molecule has 1 amide bonds. The third kappa shape index (κ3) is 4.20. The Morgan fingerprint density at radius 1 is 1.10 bits per heavy atom. The van der Waals surface area contributed by atoms with Crippen LogP contribution in [-0.2, 0) is 6.54 Å². The number of hydrogen-bond acceptors (Lipinski definition) is 6. The van der Waals surface area contributed by atoms with Gasteiger partial charge in [-0.05, 0) is 30.3 Å². The summed E-state index contributed by atoms with van der Waals surface area (Å²) in [5, 5.41) is 6.01. The number of nitrogens with one attached hydrogen (secondary N) is 2. The Bertz CT molecular complexity index is 1210. The van der Waals surface area contributed by atoms with Crippen molar-refractivity contribution in [2.75, 3.05) is 12.4 Å². The average Bonchev–Trinajstić information content (AvgIpc) is 3.15. The molecular weight excluding hydrogens is 410 g/mol. The van der Waals surface area contributed by atoms with Gasteiger partial charge in [0, 0.05) is 37.5 Å². The summed E-state index contributed by atoms with van der Waals surface area (Å²) in [5.41, 5.74) is 0.941. The van der Waals surface area contributed by atoms with Crippen LogP contribution in [-0.4, -0.2) is 22.9 Å². The molecule has 0 saturated carbocycles. The number of thiazole rings is 1. The van der Waals surface area contributed by atoms with E-state index < -0.39 is 11.6 Å². The van der Waals surface area contributed by atoms with Gasteiger partial charge in [0.25, 0.3) is 5.91 Å². The number of anilines is 1. The van der Waals surface area contributed by atoms with Crippen LogP contribution in [0.1, 0.15) is 16.1 Å². The average molecular weight is 426 g/mol. The van der Waals surface area contributed by atoms with Gasteiger partial charge in [0.15, 0.2) is 5.13 Å². The standard InChI is InChI=1S/C21H16F2N4O2S/c1-24-20(28)18-9-13(7-8-25-18)29-12-5-6-17-19(10-12)30-21(27-17)26-11-14-15(22)3-2-4-16(14)23/h2-10H,11H2,1H3,(H,24,28)(H,26,27). The number of amides is 1. The van der Waals surface area contributed by atoms with Crippen molar-refractivity contribution in [2.24, 2.45) is 0 Å². The maximum atomic E-state index is 13.8. The molecule has 2 aromatic heterocycles. The third-order valence-electron chi connectivity index (χ3n) is 4.26. The van der Waals surface area contributed by atoms with Crippen molar-refractivity contribution in [1.29, 1.82) is 0 Å². The van der Waals surface area contributed by atoms with Gasteiger partial charge in [-0.15, -0.1) is 0 Å². The van der Waals surface area contributed by atoms with E-state index in [9.17, 15) is 13.6 Å². The lowest BCUT2D eigenvalue weighted by atomic mass is 10.2. The molecule has 2 heterocycles. The van der Waals surface area contributed by atoms with Crippen LogP contribution in [0.5, 0.6) is 11.5 Å². The Morgan fingerprint density at radius 3 is 2.63 bits per heavy atom. The highest BCUT2D eigenvalue weighted by atomic mass is 32.1. The second-order valence-electron chi connectivity index (χ2n) is 6.26. The van der Waals surface area contributed by atoms with Crippen molar-refractivity contribution < 1.29 is 18.3 Å². The van der Waals surface area contributed by atoms with Crippen LogP contribution >= 0.6 is 11.3 Å². The highest BCUT2D eigenvalue weighted by Crippen LogP contribution is 2.31. The second-order valence-corrected chi connectivity index (χ2v) is 7.29. The van der Waals surface area contributed by atoms with E-state index in [4.69, 9.17) is 4.74 Å². The largest absolute Gasteiger partial charge is 0.457 e. The number of pyridine rings is 1. The molecule has 0 spiro atoms. The van der Waals surface area contributed by atoms with Crippen molar-refractivity contribution in [2.45, 2.75) is 6.54 Å². The molecule has 2 N–H and O–H groups in total. The number of nitrogens with zero attached hydrogens (tertiary/aromatic N) is 2. The molecule has 0 radical (unpaired) electrons. The first kappa shape index (κ1) is 19.7. The van der Waals surface area contributed by atoms with E-state index in [1.807, 2.05) is 6.07 Å². The lowest BCUT2D eigenvalue weighted by molar-refractivity contribution is 0.0958. The molecular formula is C21H16F2N4O2S. The maximum absolute atomic E-state index is 13.8. The summed E-state index contributed by atoms with van der Waals surface area (Å²) < 4.78 is 34.2. The third-order valence-corrected chi connectivity index (χ3v) is 5.24. The van der Waals surface area contributed by atoms with Gasteiger partial charge < -0.3 is 15.4 Å². The van der Waals surface area contributed by atoms with E-state index in [1.165, 1.54) is 42.8 Å². The van der Waals surface area contributed by atoms with Crippen LogP contribution in [0.2, 0.25) is 0 Å². The van der Waals surface area contributed by atoms with Crippen LogP contribution in [0.4, 0.5) is 13.9 Å². The van der Waals surface area contributed by atoms with Gasteiger partial charge in [-0.3, -0.25) is 9.78 Å². The summed E-state index contributed by atoms with van der Waals surface area (Å²) >= 11 is 1.34. The number of hydrogen-bond donors (Lipinski definition) is 2. The molecule has 152 valence electrons. The predicted molar refractivity (Wildman–Crippen MR) is 111 cm³/mol. The van der Waals surface area contributed by atoms with Crippen molar-refractivity contribution in [3.05, 3.63) is 77.6 Å². The second kappa shape index (κ2) is 8.42. The lowest BCUT2D eigenvalue weighted by Crippen LogP contribution is -2.18. The maximum Gasteiger partial charge on any atom is 0.269 e. The molecule has 0 saturated heterocycles. The van der Waals surface area contributed by atoms with Crippen molar-refractivity contribution in [3.8, 4) is 11.5 Å². The number of carbonyl (C=O) groups excluding carboxylic acids is 1. The Balaban J connectivity index is 1.51. The van der Waals surface area contributed by atoms with E-state index in [2.05, 4.69) is 20.6 Å². The normalized spacial score (nSPS) is 10.8. The van der Waals surface area contributed by atoms with Crippen molar-refractivity contribution in [3.63, 3.8) is 0 Å². The highest BCUT2D eigenvalue weighted by molar-refractivity contribution is 7.22. The van der Waals surface area contributed by atoms with Gasteiger partial charge in [-0.25, -0.2) is 13.8 Å². The van der Waals surface area contributed by atoms with Crippen LogP contribution in [0, 0.1) is 11.6 Å². The smallest absolute Gasteiger partial charge is 0.269 e. The van der Waals surface area contributed by atoms with E-state index in [1.54, 1.807) is 24.3 Å². The predicted octanol–water partition coefficient (Wildman–Crippen LogP) is 4.73. The van der Waals surface area contributed by atoms with Crippen LogP contribution in [0.3, 0.4) is 0 Å². The zero-order valence-corrected chi connectivity index (χ0v) is 16.6. The molecule has 0 unspecified atom stereocenters. The molecule has 2 aromatic carbocycles. The Labute approximate surface area is 174 Å². The minimum atomic E-state index is -0.604. The van der Waals surface area contributed by atoms with Gasteiger partial charge in [0.1, 0.15) is 28.8 Å². The summed E-state index contributed by atoms with van der Waals surface area (Å²) in [6.45, 7) is -0.0129. The minimum absolute atomic E-state index is 0.0129. The van der Waals surface area contributed by atoms with E-state index in [-0.39, 0.29) is 23.7 Å². The number of halogens is 2. The van der Waals surface area contributed by atoms with E-state index in [0.717, 1.165) is 10.2 Å². The van der Waals surface area contributed by atoms with Gasteiger partial charge in [-0.2, -0.15) is 0 Å². The van der Waals surface area contributed by atoms with Crippen molar-refractivity contribution >= 4 is 32.6 Å². The first-order chi connectivity index (χ1) is 14.5. The molecule has 4 aromatic rings. The fourth-order valence-corrected chi connectivity index (χ4v) is 3.66. The molecule has 0 atom stereocenters. The summed E-state index contributed by atoms with van der Waals surface area (Å²) in [4.78, 5) is 20.1. The molecule has 0 aliphatic carbocycles. The number of aromatic nitrogens is 2. The molecule has 0 bridgehead atoms. The summed E-state index contributed by atoms with van der Waals surface area (Å²) in [6.07, 6.45) is 1.50. The molecule has 0 aliphatic rings. The van der Waals surface area contributed by atoms with Gasteiger partial charge in [-0.1, -0.05) is 17.4 Å². The SMILES string of the molecule is CNC(=O)c1cc(Oc2ccc3nc(NCc4c(F)cccc4F)sc3c2)ccn1. The van der Waals surface area contributed by atoms with Crippen LogP contribution < -0.4 is 15.4 Å². The van der Waals surface area contributed by atoms with Crippen molar-refractivity contribution in [1.82, 2.24) is 15.3 Å². The summed E-state index contributed by atoms with van der Waals surface area (Å²) in [6, 6.07) is 12.3. The number of carbonyl (C=O) groups is 1. The molecule has 9 heteroatoms. The molecule has 30 heavy (non-hydrogen) atoms. The topological polar surface area (TPSA) is 76.1 Å². The van der Waals surface area contributed by atoms with Gasteiger partial charge in [0.05, 0.1) is 10.2 Å². The Kier molecular flexibility index (Phi) is 5.53. The molecule has 0 aliphatic heterocycles. The zero-order valence-electron chi connectivity index (χ0n) is 15.8. The van der Waals surface area contributed by atoms with Crippen LogP contribution in [0.15, 0.2) is 54.7 Å². The summed E-state index contributed by atoms with van der Waals surface area (Å²) in [5.74, 6) is -0.478. The molecule has 6 nitrogen and oxygen atoms in total. The van der Waals surface area contributed by atoms with Gasteiger partial charge >= 0.3 is 0 Å². The van der Waals surface area contributed by atoms with E-state index >= 15 is 0 Å². The number of rotatable bonds is 6. The highest BCUT2D eigenvalue weighted by Gasteiger charge is 2.11. The molecule has 4 rings (SSSR count). The Morgan fingerprint density at radius 2 is 1.87 bits per heavy atom. The van der Waals surface area contributed by atoms with Crippen LogP contribution in [0.25, 0.3) is 10.2 Å². The fraction of sp³-hybridized carbons (Fsp3) is 0.0952. The van der Waals surface area contributed by atoms with E-state index in [0.29, 0.717) is 16.6 Å². The fourth-order valence-electron chi connectivity index (χ4n) is 2.77. The first-order valence-corrected chi connectivity index (χ1v) is 9.78.